The number of aromatic nitrogens is 10. The van der Waals surface area contributed by atoms with Crippen LogP contribution in [0.5, 0.6) is 5.75 Å². The standard InChI is InChI=1S/C32H18N8.C15H16Cl3N3O2/c1-2-10-18-17(9-1)25-33-26(18)38-28-21-13-5-6-14-22(21)30(35-28)40-32-24-16-8-7-15-23(24)31(36-32)39-29-20-12-4-3-11-19(20)27(34-29)37-25;1-2-4-20(15(22)21-5-3-19-10-21)6-7-23-14-12(17)8-11(16)9-13(14)18/h1-16H,(H2,33,34,35,36,37,38,39,40);3,5,8-10H,2,4,6-7H2,1H3. The Morgan fingerprint density at radius 1 is 0.603 bits per heavy atom. The molecule has 0 saturated carbocycles. The molecule has 0 aliphatic carbocycles. The van der Waals surface area contributed by atoms with E-state index >= 15 is 0 Å². The fourth-order valence-corrected chi connectivity index (χ4v) is 8.55. The molecule has 310 valence electrons. The molecule has 63 heavy (non-hydrogen) atoms. The third-order valence-electron chi connectivity index (χ3n) is 10.5. The minimum atomic E-state index is -0.152. The number of imidazole rings is 1. The highest BCUT2D eigenvalue weighted by Gasteiger charge is 2.22. The number of halogens is 3. The molecule has 5 aromatic carbocycles. The van der Waals surface area contributed by atoms with Gasteiger partial charge in [0.05, 0.1) is 16.6 Å². The van der Waals surface area contributed by atoms with Crippen molar-refractivity contribution in [3.63, 3.8) is 0 Å². The zero-order valence-electron chi connectivity index (χ0n) is 33.4. The molecule has 16 heteroatoms. The van der Waals surface area contributed by atoms with E-state index in [1.807, 2.05) is 104 Å². The van der Waals surface area contributed by atoms with Crippen LogP contribution in [0.4, 0.5) is 4.79 Å². The third-order valence-corrected chi connectivity index (χ3v) is 11.3. The van der Waals surface area contributed by atoms with Crippen LogP contribution >= 0.6 is 34.8 Å². The smallest absolute Gasteiger partial charge is 0.329 e. The third kappa shape index (κ3) is 7.71. The van der Waals surface area contributed by atoms with Gasteiger partial charge < -0.3 is 19.6 Å². The van der Waals surface area contributed by atoms with E-state index < -0.39 is 0 Å². The van der Waals surface area contributed by atoms with Gasteiger partial charge in [-0.1, -0.05) is 139 Å². The average Bonchev–Trinajstić information content (AvgIpc) is 4.14. The lowest BCUT2D eigenvalue weighted by atomic mass is 10.1. The molecule has 0 spiro atoms. The lowest BCUT2D eigenvalue weighted by Crippen LogP contribution is -2.37. The predicted molar refractivity (Wildman–Crippen MR) is 248 cm³/mol. The Balaban J connectivity index is 0.000000176. The summed E-state index contributed by atoms with van der Waals surface area (Å²) in [7, 11) is 0. The van der Waals surface area contributed by atoms with Gasteiger partial charge in [0.25, 0.3) is 0 Å². The number of aromatic amines is 2. The van der Waals surface area contributed by atoms with E-state index in [1.54, 1.807) is 29.4 Å². The molecule has 0 atom stereocenters. The maximum Gasteiger partial charge on any atom is 0.329 e. The zero-order chi connectivity index (χ0) is 43.0. The topological polar surface area (TPSA) is 156 Å². The summed E-state index contributed by atoms with van der Waals surface area (Å²) in [6.45, 7) is 3.28. The number of H-pyrrole nitrogens is 2. The fraction of sp³-hybridized carbons (Fsp3) is 0.106. The largest absolute Gasteiger partial charge is 0.489 e. The van der Waals surface area contributed by atoms with Gasteiger partial charge in [0.1, 0.15) is 35.5 Å². The molecule has 0 saturated heterocycles. The molecule has 11 rings (SSSR count). The molecule has 0 unspecified atom stereocenters. The number of rotatable bonds is 6. The lowest BCUT2D eigenvalue weighted by molar-refractivity contribution is 0.184. The van der Waals surface area contributed by atoms with Crippen LogP contribution in [0, 0.1) is 0 Å². The Morgan fingerprint density at radius 2 is 1.02 bits per heavy atom. The van der Waals surface area contributed by atoms with E-state index in [0.29, 0.717) is 79.8 Å². The first kappa shape index (κ1) is 39.9. The van der Waals surface area contributed by atoms with Gasteiger partial charge in [-0.25, -0.2) is 39.7 Å². The number of fused-ring (bicyclic) bond motifs is 20. The molecule has 0 radical (unpaired) electrons. The van der Waals surface area contributed by atoms with Crippen LogP contribution in [-0.4, -0.2) is 80.1 Å². The molecule has 1 amide bonds. The summed E-state index contributed by atoms with van der Waals surface area (Å²) in [5, 5.41) is 4.94. The minimum Gasteiger partial charge on any atom is -0.489 e. The van der Waals surface area contributed by atoms with Crippen LogP contribution in [0.25, 0.3) is 89.7 Å². The predicted octanol–water partition coefficient (Wildman–Crippen LogP) is 11.5. The Hall–Kier alpha value is -7.19. The van der Waals surface area contributed by atoms with Crippen LogP contribution in [0.3, 0.4) is 0 Å². The number of nitrogens with zero attached hydrogens (tertiary/aromatic N) is 9. The number of hydrogen-bond donors (Lipinski definition) is 2. The van der Waals surface area contributed by atoms with E-state index in [2.05, 4.69) is 15.0 Å². The van der Waals surface area contributed by atoms with Crippen LogP contribution in [0.1, 0.15) is 13.3 Å². The summed E-state index contributed by atoms with van der Waals surface area (Å²) in [5.74, 6) is 2.75. The Morgan fingerprint density at radius 3 is 1.40 bits per heavy atom. The maximum atomic E-state index is 12.3. The Bertz CT molecular complexity index is 3040. The first-order valence-electron chi connectivity index (χ1n) is 20.1. The van der Waals surface area contributed by atoms with Crippen molar-refractivity contribution in [3.05, 3.63) is 143 Å². The Labute approximate surface area is 374 Å². The summed E-state index contributed by atoms with van der Waals surface area (Å²) >= 11 is 18.0. The SMILES string of the molecule is CCCN(CCOc1c(Cl)cc(Cl)cc1Cl)C(=O)n1ccnc1.c1ccc2c(c1)-c1nc-2nc2[nH]c(nc3nc(nc4[nH]c(n1)c1ccccc41)-c1ccccc1-3)c1ccccc21. The second kappa shape index (κ2) is 16.9. The number of amides is 1. The van der Waals surface area contributed by atoms with E-state index in [9.17, 15) is 4.79 Å². The van der Waals surface area contributed by atoms with Crippen LogP contribution in [0.15, 0.2) is 128 Å². The molecule has 8 bridgehead atoms. The highest BCUT2D eigenvalue weighted by Crippen LogP contribution is 2.38. The maximum absolute atomic E-state index is 12.3. The summed E-state index contributed by atoms with van der Waals surface area (Å²) in [4.78, 5) is 54.7. The van der Waals surface area contributed by atoms with Crippen molar-refractivity contribution in [2.75, 3.05) is 19.7 Å². The average molecular weight is 891 g/mol. The highest BCUT2D eigenvalue weighted by molar-refractivity contribution is 6.40. The van der Waals surface area contributed by atoms with Crippen molar-refractivity contribution in [1.29, 1.82) is 0 Å². The molecular weight excluding hydrogens is 857 g/mol. The summed E-state index contributed by atoms with van der Waals surface area (Å²) in [6.07, 6.45) is 5.48. The second-order valence-corrected chi connectivity index (χ2v) is 15.8. The van der Waals surface area contributed by atoms with E-state index in [4.69, 9.17) is 69.4 Å². The number of nitrogens with one attached hydrogen (secondary N) is 2. The van der Waals surface area contributed by atoms with Crippen molar-refractivity contribution in [2.24, 2.45) is 0 Å². The summed E-state index contributed by atoms with van der Waals surface area (Å²) < 4.78 is 7.05. The van der Waals surface area contributed by atoms with Gasteiger partial charge in [0.2, 0.25) is 0 Å². The first-order valence-corrected chi connectivity index (χ1v) is 21.2. The van der Waals surface area contributed by atoms with E-state index in [0.717, 1.165) is 50.2 Å². The molecule has 13 nitrogen and oxygen atoms in total. The first-order chi connectivity index (χ1) is 30.8. The molecule has 2 N–H and O–H groups in total. The molecule has 4 aromatic heterocycles. The molecule has 2 aliphatic heterocycles. The lowest BCUT2D eigenvalue weighted by Gasteiger charge is -2.22. The van der Waals surface area contributed by atoms with Gasteiger partial charge in [-0.15, -0.1) is 0 Å². The van der Waals surface area contributed by atoms with Gasteiger partial charge in [-0.2, -0.15) is 0 Å². The van der Waals surface area contributed by atoms with Crippen LogP contribution < -0.4 is 4.74 Å². The quantitative estimate of drug-likeness (QED) is 0.166. The Kier molecular flexibility index (Phi) is 10.7. The molecule has 6 heterocycles. The molecular formula is C47H34Cl3N11O2. The van der Waals surface area contributed by atoms with E-state index in [-0.39, 0.29) is 12.6 Å². The van der Waals surface area contributed by atoms with Gasteiger partial charge in [0.15, 0.2) is 29.0 Å². The van der Waals surface area contributed by atoms with Gasteiger partial charge >= 0.3 is 6.03 Å². The van der Waals surface area contributed by atoms with Crippen LogP contribution in [-0.2, 0) is 0 Å². The summed E-state index contributed by atoms with van der Waals surface area (Å²) in [5.41, 5.74) is 6.45. The van der Waals surface area contributed by atoms with Crippen molar-refractivity contribution in [3.8, 4) is 51.3 Å². The highest BCUT2D eigenvalue weighted by atomic mass is 35.5. The van der Waals surface area contributed by atoms with Gasteiger partial charge in [-0.05, 0) is 18.6 Å². The van der Waals surface area contributed by atoms with Crippen LogP contribution in [0.2, 0.25) is 15.1 Å². The fourth-order valence-electron chi connectivity index (χ4n) is 7.62. The van der Waals surface area contributed by atoms with Crippen molar-refractivity contribution < 1.29 is 9.53 Å². The van der Waals surface area contributed by atoms with Gasteiger partial charge in [0, 0.05) is 67.8 Å². The normalized spacial score (nSPS) is 11.5. The van der Waals surface area contributed by atoms with Crippen molar-refractivity contribution >= 4 is 85.0 Å². The van der Waals surface area contributed by atoms with Crippen molar-refractivity contribution in [2.45, 2.75) is 13.3 Å². The number of benzene rings is 5. The number of carbonyl (C=O) groups is 1. The van der Waals surface area contributed by atoms with E-state index in [1.165, 1.54) is 10.9 Å². The molecule has 9 aromatic rings. The molecule has 2 aliphatic rings. The number of carbonyl (C=O) groups excluding carboxylic acids is 1. The summed E-state index contributed by atoms with van der Waals surface area (Å²) in [6, 6.07) is 35.2. The minimum absolute atomic E-state index is 0.152. The molecule has 0 fully saturated rings. The number of ether oxygens (including phenoxy) is 1. The van der Waals surface area contributed by atoms with Crippen molar-refractivity contribution in [1.82, 2.24) is 54.3 Å². The monoisotopic (exact) mass is 889 g/mol. The van der Waals surface area contributed by atoms with Gasteiger partial charge in [-0.3, -0.25) is 4.57 Å². The zero-order valence-corrected chi connectivity index (χ0v) is 35.7. The second-order valence-electron chi connectivity index (χ2n) is 14.6. The number of hydrogen-bond acceptors (Lipinski definition) is 9.